The third-order valence-corrected chi connectivity index (χ3v) is 14.2. The second-order valence-electron chi connectivity index (χ2n) is 21.2. The van der Waals surface area contributed by atoms with Gasteiger partial charge in [-0.2, -0.15) is 56.2 Å². The molecule has 0 saturated heterocycles. The third kappa shape index (κ3) is 17.5. The van der Waals surface area contributed by atoms with Gasteiger partial charge in [-0.3, -0.25) is 42.7 Å². The lowest BCUT2D eigenvalue weighted by atomic mass is 10.1. The number of carboxylic acid groups (broad SMARTS) is 4. The normalized spacial score (nSPS) is 10.4. The molecule has 36 heteroatoms. The van der Waals surface area contributed by atoms with Gasteiger partial charge in [-0.15, -0.1) is 0 Å². The molecule has 0 bridgehead atoms. The number of hydrogen-bond donors (Lipinski definition) is 6. The largest absolute Gasteiger partial charge is 0.477 e. The van der Waals surface area contributed by atoms with Gasteiger partial charge in [0.1, 0.15) is 48.1 Å². The van der Waals surface area contributed by atoms with Crippen LogP contribution in [0.5, 0.6) is 0 Å². The number of carboxylic acids is 4. The van der Waals surface area contributed by atoms with E-state index in [1.54, 1.807) is 137 Å². The summed E-state index contributed by atoms with van der Waals surface area (Å²) in [5.41, 5.74) is 10.7. The molecule has 0 aliphatic heterocycles. The topological polar surface area (TPSA) is 496 Å². The van der Waals surface area contributed by atoms with Crippen LogP contribution in [0.25, 0.3) is 67.5 Å². The Kier molecular flexibility index (Phi) is 24.5. The van der Waals surface area contributed by atoms with E-state index in [-0.39, 0.29) is 34.3 Å². The van der Waals surface area contributed by atoms with Gasteiger partial charge in [0.25, 0.3) is 0 Å². The molecule has 6 N–H and O–H groups in total. The van der Waals surface area contributed by atoms with Gasteiger partial charge >= 0.3 is 23.9 Å². The van der Waals surface area contributed by atoms with Crippen molar-refractivity contribution in [2.24, 2.45) is 42.3 Å². The summed E-state index contributed by atoms with van der Waals surface area (Å²) in [5, 5.41) is 102. The Morgan fingerprint density at radius 2 is 0.710 bits per heavy atom. The van der Waals surface area contributed by atoms with Crippen molar-refractivity contribution in [1.82, 2.24) is 114 Å². The fourth-order valence-corrected chi connectivity index (χ4v) is 9.49. The van der Waals surface area contributed by atoms with Crippen LogP contribution in [0.15, 0.2) is 111 Å². The molecule has 0 spiro atoms. The quantitative estimate of drug-likeness (QED) is 0.0801. The first-order chi connectivity index (χ1) is 47.6. The first-order valence-electron chi connectivity index (χ1n) is 29.3. The van der Waals surface area contributed by atoms with Crippen LogP contribution < -0.4 is 0 Å². The van der Waals surface area contributed by atoms with E-state index in [1.807, 2.05) is 32.9 Å². The lowest BCUT2D eigenvalue weighted by Crippen LogP contribution is -2.12. The first kappa shape index (κ1) is 73.8. The molecule has 12 aromatic heterocycles. The Hall–Kier alpha value is -13.6. The van der Waals surface area contributed by atoms with Crippen LogP contribution in [-0.2, 0) is 42.3 Å². The molecule has 0 unspecified atom stereocenters. The highest BCUT2D eigenvalue weighted by Crippen LogP contribution is 2.28. The molecular weight excluding hydrogens is 1300 g/mol. The van der Waals surface area contributed by atoms with Crippen LogP contribution in [0.3, 0.4) is 0 Å². The van der Waals surface area contributed by atoms with E-state index in [0.717, 1.165) is 16.7 Å². The zero-order valence-corrected chi connectivity index (χ0v) is 55.7. The highest BCUT2D eigenvalue weighted by molar-refractivity contribution is 6.02. The molecule has 12 aromatic rings. The molecule has 0 fully saturated rings. The van der Waals surface area contributed by atoms with E-state index >= 15 is 0 Å². The number of rotatable bonds is 14. The number of Topliss-reactive ketones (excluding diaryl/α,β-unsaturated/α-hetero) is 2. The van der Waals surface area contributed by atoms with E-state index in [0.29, 0.717) is 102 Å². The molecule has 0 saturated carbocycles. The van der Waals surface area contributed by atoms with Crippen molar-refractivity contribution < 1.29 is 59.4 Å². The predicted molar refractivity (Wildman–Crippen MR) is 351 cm³/mol. The molecule has 0 aliphatic carbocycles. The Bertz CT molecular complexity index is 5020. The molecule has 12 rings (SSSR count). The number of aliphatic hydroxyl groups is 2. The van der Waals surface area contributed by atoms with Crippen molar-refractivity contribution in [3.05, 3.63) is 185 Å². The minimum Gasteiger partial charge on any atom is -0.477 e. The highest BCUT2D eigenvalue weighted by atomic mass is 16.4. The number of aromatic carboxylic acids is 4. The summed E-state index contributed by atoms with van der Waals surface area (Å²) in [6.45, 7) is 9.76. The summed E-state index contributed by atoms with van der Waals surface area (Å²) in [7, 11) is 9.62. The van der Waals surface area contributed by atoms with Gasteiger partial charge in [0.05, 0.1) is 105 Å². The van der Waals surface area contributed by atoms with Crippen LogP contribution in [0.4, 0.5) is 0 Å². The summed E-state index contributed by atoms with van der Waals surface area (Å²) in [5.74, 6) is -3.08. The van der Waals surface area contributed by atoms with Crippen LogP contribution in [0.1, 0.15) is 103 Å². The predicted octanol–water partition coefficient (Wildman–Crippen LogP) is 4.73. The summed E-state index contributed by atoms with van der Waals surface area (Å²) in [6.07, 6.45) is 18.5. The monoisotopic (exact) mass is 1360 g/mol. The number of nitriles is 1. The van der Waals surface area contributed by atoms with Crippen molar-refractivity contribution in [3.8, 4) is 73.6 Å². The molecular formula is C64H64N24O12. The number of aromatic nitrogens is 23. The van der Waals surface area contributed by atoms with Crippen LogP contribution in [0.2, 0.25) is 0 Å². The van der Waals surface area contributed by atoms with Gasteiger partial charge < -0.3 is 30.6 Å². The summed E-state index contributed by atoms with van der Waals surface area (Å²) >= 11 is 0. The van der Waals surface area contributed by atoms with Crippen molar-refractivity contribution in [1.29, 1.82) is 5.26 Å². The second-order valence-corrected chi connectivity index (χ2v) is 21.2. The Labute approximate surface area is 567 Å². The van der Waals surface area contributed by atoms with Crippen molar-refractivity contribution in [3.63, 3.8) is 0 Å². The minimum absolute atomic E-state index is 0.0715. The molecule has 0 radical (unpaired) electrons. The number of hydrogen-bond acceptors (Lipinski definition) is 26. The van der Waals surface area contributed by atoms with E-state index in [2.05, 4.69) is 85.9 Å². The SMILES string of the molecule is Cc1ccnnc1-c1cnn(C)c1C(=O)CO.Cc1ccnnc1-c1cnn(C)c1C(=O)O.Cc1ncc(C)c(-c2cnn(C)c2C(=O)O)n1.Cc1nccc(-c2cnn(C)c2C(=O)CO)n1.Cc1nccc(-c2cnn(C)c2C(=O)O)n1.Cn1ncc(-c2ccc(C#N)cn2)c1C(=O)O. The first-order valence-corrected chi connectivity index (χ1v) is 29.3. The number of ketones is 2. The average Bonchev–Trinajstić information content (AvgIpc) is 1.73. The third-order valence-electron chi connectivity index (χ3n) is 14.2. The van der Waals surface area contributed by atoms with Gasteiger partial charge in [-0.05, 0) is 94.6 Å². The number of aliphatic hydroxyl groups excluding tert-OH is 2. The fourth-order valence-electron chi connectivity index (χ4n) is 9.49. The zero-order chi connectivity index (χ0) is 73.2. The molecule has 36 nitrogen and oxygen atoms in total. The van der Waals surface area contributed by atoms with Crippen molar-refractivity contribution >= 4 is 35.4 Å². The van der Waals surface area contributed by atoms with Gasteiger partial charge in [-0.25, -0.2) is 49.1 Å². The van der Waals surface area contributed by atoms with Gasteiger partial charge in [0.2, 0.25) is 11.6 Å². The molecule has 100 heavy (non-hydrogen) atoms. The maximum atomic E-state index is 11.6. The maximum absolute atomic E-state index is 11.6. The Morgan fingerprint density at radius 3 is 1.07 bits per heavy atom. The summed E-state index contributed by atoms with van der Waals surface area (Å²) < 4.78 is 8.10. The average molecular weight is 1360 g/mol. The van der Waals surface area contributed by atoms with Crippen LogP contribution >= 0.6 is 0 Å². The van der Waals surface area contributed by atoms with E-state index in [1.165, 1.54) is 59.1 Å². The van der Waals surface area contributed by atoms with E-state index in [9.17, 15) is 28.8 Å². The van der Waals surface area contributed by atoms with Gasteiger partial charge in [0, 0.05) is 85.0 Å². The second kappa shape index (κ2) is 33.2. The van der Waals surface area contributed by atoms with Gasteiger partial charge in [0.15, 0.2) is 22.8 Å². The van der Waals surface area contributed by atoms with Crippen LogP contribution in [-0.4, -0.2) is 193 Å². The number of carbonyl (C=O) groups excluding carboxylic acids is 2. The smallest absolute Gasteiger partial charge is 0.354 e. The molecule has 0 amide bonds. The Morgan fingerprint density at radius 1 is 0.370 bits per heavy atom. The lowest BCUT2D eigenvalue weighted by molar-refractivity contribution is 0.0675. The Balaban J connectivity index is 0.000000169. The molecule has 12 heterocycles. The molecule has 0 atom stereocenters. The van der Waals surface area contributed by atoms with E-state index < -0.39 is 37.1 Å². The minimum atomic E-state index is -1.06. The molecule has 0 aromatic carbocycles. The van der Waals surface area contributed by atoms with Crippen LogP contribution in [0, 0.1) is 52.9 Å². The zero-order valence-electron chi connectivity index (χ0n) is 55.7. The molecule has 0 aliphatic rings. The van der Waals surface area contributed by atoms with Crippen molar-refractivity contribution in [2.45, 2.75) is 41.5 Å². The van der Waals surface area contributed by atoms with E-state index in [4.69, 9.17) is 35.9 Å². The number of pyridine rings is 1. The fraction of sp³-hybridized carbons (Fsp3) is 0.219. The standard InChI is InChI=1S/3C11H12N4O2.C11H8N4O2.2C10H10N4O2/c1-6-4-12-7(2)14-9(6)8-5-13-15(3)10(8)11(16)17;1-7-12-4-3-9(14-7)8-5-13-15(2)11(8)10(17)6-16;1-7-3-4-12-14-10(7)8-5-13-15(2)11(8)9(17)6-16;1-15-10(11(16)17)8(6-14-15)9-3-2-7(4-12)5-13-9;1-6-11-4-3-8(13-6)7-5-12-14(2)9(7)10(15)16;1-6-3-4-11-13-8(6)7-5-12-14(2)9(7)10(15)16/h4-5H,1-3H3,(H,16,17);2*3-5,16H,6H2,1-2H3;2-3,5-6H,1H3,(H,16,17);2*3-5H,1-2H3,(H,15,16). The maximum Gasteiger partial charge on any atom is 0.354 e. The highest BCUT2D eigenvalue weighted by Gasteiger charge is 2.25. The number of carbonyl (C=O) groups is 6. The number of aryl methyl sites for hydroxylation is 12. The molecule has 512 valence electrons. The van der Waals surface area contributed by atoms with Gasteiger partial charge in [-0.1, -0.05) is 0 Å². The summed E-state index contributed by atoms with van der Waals surface area (Å²) in [6, 6.07) is 12.1. The lowest BCUT2D eigenvalue weighted by Gasteiger charge is -2.05. The van der Waals surface area contributed by atoms with Crippen molar-refractivity contribution in [2.75, 3.05) is 13.2 Å². The summed E-state index contributed by atoms with van der Waals surface area (Å²) in [4.78, 5) is 96.4. The number of nitrogens with zero attached hydrogens (tertiary/aromatic N) is 24.